The molecule has 7 nitrogen and oxygen atoms in total. The van der Waals surface area contributed by atoms with E-state index >= 15 is 0 Å². The number of nitrogens with one attached hydrogen (secondary N) is 1. The van der Waals surface area contributed by atoms with Crippen molar-refractivity contribution in [2.75, 3.05) is 18.0 Å². The van der Waals surface area contributed by atoms with E-state index in [-0.39, 0.29) is 29.7 Å². The Hall–Kier alpha value is -2.81. The number of benzene rings is 1. The van der Waals surface area contributed by atoms with Gasteiger partial charge < -0.3 is 10.2 Å². The third-order valence-electron chi connectivity index (χ3n) is 6.22. The number of aromatic nitrogens is 3. The van der Waals surface area contributed by atoms with E-state index in [2.05, 4.69) is 15.3 Å². The Kier molecular flexibility index (Phi) is 5.43. The van der Waals surface area contributed by atoms with Crippen molar-refractivity contribution in [1.82, 2.24) is 19.9 Å². The van der Waals surface area contributed by atoms with Gasteiger partial charge in [-0.3, -0.25) is 9.59 Å². The molecule has 0 atom stereocenters. The molecule has 1 N–H and O–H groups in total. The van der Waals surface area contributed by atoms with Crippen LogP contribution in [0.15, 0.2) is 29.1 Å². The van der Waals surface area contributed by atoms with E-state index in [1.54, 1.807) is 18.2 Å². The van der Waals surface area contributed by atoms with Gasteiger partial charge in [0, 0.05) is 36.7 Å². The summed E-state index contributed by atoms with van der Waals surface area (Å²) in [4.78, 5) is 32.8. The third-order valence-corrected chi connectivity index (χ3v) is 7.19. The molecule has 31 heavy (non-hydrogen) atoms. The maximum atomic E-state index is 13.7. The van der Waals surface area contributed by atoms with Gasteiger partial charge in [-0.25, -0.2) is 9.37 Å². The van der Waals surface area contributed by atoms with E-state index in [0.29, 0.717) is 36.5 Å². The summed E-state index contributed by atoms with van der Waals surface area (Å²) in [6, 6.07) is 6.47. The van der Waals surface area contributed by atoms with E-state index in [0.717, 1.165) is 42.1 Å². The Labute approximate surface area is 182 Å². The minimum atomic E-state index is -0.306. The van der Waals surface area contributed by atoms with Crippen LogP contribution in [0.3, 0.4) is 0 Å². The lowest BCUT2D eigenvalue weighted by Gasteiger charge is -2.30. The highest BCUT2D eigenvalue weighted by molar-refractivity contribution is 7.20. The van der Waals surface area contributed by atoms with Gasteiger partial charge in [0.25, 0.3) is 5.56 Å². The number of hydrogen-bond acceptors (Lipinski definition) is 6. The smallest absolute Gasteiger partial charge is 0.278 e. The van der Waals surface area contributed by atoms with Gasteiger partial charge in [-0.15, -0.1) is 5.10 Å². The van der Waals surface area contributed by atoms with Crippen LogP contribution in [0.1, 0.15) is 42.5 Å². The van der Waals surface area contributed by atoms with Crippen molar-refractivity contribution in [3.05, 3.63) is 57.3 Å². The zero-order valence-electron chi connectivity index (χ0n) is 17.1. The molecule has 5 rings (SSSR count). The van der Waals surface area contributed by atoms with Gasteiger partial charge in [-0.05, 0) is 44.6 Å². The second-order valence-electron chi connectivity index (χ2n) is 8.20. The van der Waals surface area contributed by atoms with Crippen molar-refractivity contribution in [1.29, 1.82) is 0 Å². The van der Waals surface area contributed by atoms with Gasteiger partial charge in [0.15, 0.2) is 0 Å². The minimum absolute atomic E-state index is 0.0374. The second-order valence-corrected chi connectivity index (χ2v) is 9.13. The molecule has 3 heterocycles. The molecule has 2 aliphatic rings. The maximum absolute atomic E-state index is 13.7. The van der Waals surface area contributed by atoms with Crippen LogP contribution in [-0.4, -0.2) is 33.6 Å². The first-order chi connectivity index (χ1) is 15.1. The molecule has 1 fully saturated rings. The molecule has 1 amide bonds. The summed E-state index contributed by atoms with van der Waals surface area (Å²) >= 11 is 1.43. The molecule has 0 bridgehead atoms. The van der Waals surface area contributed by atoms with Gasteiger partial charge in [0.1, 0.15) is 5.82 Å². The number of fused-ring (bicyclic) bond motifs is 2. The molecule has 0 radical (unpaired) electrons. The zero-order valence-corrected chi connectivity index (χ0v) is 18.0. The number of anilines is 1. The van der Waals surface area contributed by atoms with E-state index in [9.17, 15) is 14.0 Å². The van der Waals surface area contributed by atoms with Crippen LogP contribution >= 0.6 is 11.3 Å². The Bertz CT molecular complexity index is 1180. The summed E-state index contributed by atoms with van der Waals surface area (Å²) in [5, 5.41) is 8.18. The predicted molar refractivity (Wildman–Crippen MR) is 117 cm³/mol. The second kappa shape index (κ2) is 8.37. The molecule has 0 spiro atoms. The van der Waals surface area contributed by atoms with Gasteiger partial charge >= 0.3 is 0 Å². The van der Waals surface area contributed by atoms with E-state index in [1.165, 1.54) is 21.9 Å². The van der Waals surface area contributed by atoms with Crippen molar-refractivity contribution < 1.29 is 9.18 Å². The van der Waals surface area contributed by atoms with Gasteiger partial charge in [-0.2, -0.15) is 4.52 Å². The largest absolute Gasteiger partial charge is 0.352 e. The molecule has 1 aromatic carbocycles. The highest BCUT2D eigenvalue weighted by Crippen LogP contribution is 2.28. The van der Waals surface area contributed by atoms with Crippen LogP contribution in [0.2, 0.25) is 0 Å². The number of carbonyl (C=O) groups is 1. The lowest BCUT2D eigenvalue weighted by Crippen LogP contribution is -2.40. The first-order valence-electron chi connectivity index (χ1n) is 10.8. The fourth-order valence-corrected chi connectivity index (χ4v) is 5.36. The summed E-state index contributed by atoms with van der Waals surface area (Å²) in [6.07, 6.45) is 5.13. The van der Waals surface area contributed by atoms with Crippen LogP contribution in [0.25, 0.3) is 4.96 Å². The van der Waals surface area contributed by atoms with E-state index in [1.807, 2.05) is 0 Å². The van der Waals surface area contributed by atoms with Crippen molar-refractivity contribution in [3.8, 4) is 0 Å². The van der Waals surface area contributed by atoms with E-state index < -0.39 is 0 Å². The van der Waals surface area contributed by atoms with Crippen molar-refractivity contribution in [3.63, 3.8) is 0 Å². The summed E-state index contributed by atoms with van der Waals surface area (Å²) in [5.41, 5.74) is 2.19. The highest BCUT2D eigenvalue weighted by atomic mass is 32.1. The Morgan fingerprint density at radius 1 is 1.19 bits per heavy atom. The quantitative estimate of drug-likeness (QED) is 0.674. The average Bonchev–Trinajstić information content (AvgIpc) is 3.23. The summed E-state index contributed by atoms with van der Waals surface area (Å²) < 4.78 is 15.2. The minimum Gasteiger partial charge on any atom is -0.352 e. The van der Waals surface area contributed by atoms with Crippen molar-refractivity contribution in [2.24, 2.45) is 5.92 Å². The molecular weight excluding hydrogens is 417 g/mol. The highest BCUT2D eigenvalue weighted by Gasteiger charge is 2.27. The molecular formula is C22H24FN5O2S. The lowest BCUT2D eigenvalue weighted by atomic mass is 9.96. The molecule has 0 unspecified atom stereocenters. The van der Waals surface area contributed by atoms with E-state index in [4.69, 9.17) is 4.98 Å². The fraction of sp³-hybridized carbons (Fsp3) is 0.455. The topological polar surface area (TPSA) is 79.6 Å². The maximum Gasteiger partial charge on any atom is 0.278 e. The standard InChI is InChI=1S/C22H24FN5O2S/c23-17-7-3-1-5-15(17)13-24-19(29)14-9-11-27(12-10-14)22-26-28-20(30)16-6-2-4-8-18(16)25-21(28)31-22/h1,3,5,7,14H,2,4,6,8-13H2,(H,24,29). The molecule has 1 aliphatic heterocycles. The fourth-order valence-electron chi connectivity index (χ4n) is 4.39. The van der Waals surface area contributed by atoms with Gasteiger partial charge in [0.2, 0.25) is 16.0 Å². The van der Waals surface area contributed by atoms with Crippen LogP contribution in [0, 0.1) is 11.7 Å². The Morgan fingerprint density at radius 2 is 1.97 bits per heavy atom. The number of amides is 1. The molecule has 0 saturated carbocycles. The Balaban J connectivity index is 1.24. The van der Waals surface area contributed by atoms with Crippen LogP contribution in [0.4, 0.5) is 9.52 Å². The van der Waals surface area contributed by atoms with Crippen molar-refractivity contribution in [2.45, 2.75) is 45.1 Å². The third kappa shape index (κ3) is 3.94. The van der Waals surface area contributed by atoms with Crippen LogP contribution < -0.4 is 15.8 Å². The first kappa shape index (κ1) is 20.1. The monoisotopic (exact) mass is 441 g/mol. The lowest BCUT2D eigenvalue weighted by molar-refractivity contribution is -0.125. The molecule has 9 heteroatoms. The number of halogens is 1. The first-order valence-corrected chi connectivity index (χ1v) is 11.6. The normalized spacial score (nSPS) is 17.0. The average molecular weight is 442 g/mol. The number of aryl methyl sites for hydroxylation is 1. The Morgan fingerprint density at radius 3 is 2.77 bits per heavy atom. The molecule has 1 aliphatic carbocycles. The summed E-state index contributed by atoms with van der Waals surface area (Å²) in [6.45, 7) is 1.57. The number of hydrogen-bond donors (Lipinski definition) is 1. The van der Waals surface area contributed by atoms with Gasteiger partial charge in [0.05, 0.1) is 5.69 Å². The van der Waals surface area contributed by atoms with Crippen LogP contribution in [-0.2, 0) is 24.2 Å². The zero-order chi connectivity index (χ0) is 21.4. The van der Waals surface area contributed by atoms with Crippen molar-refractivity contribution >= 4 is 27.3 Å². The summed E-state index contributed by atoms with van der Waals surface area (Å²) in [5.74, 6) is -0.456. The number of nitrogens with zero attached hydrogens (tertiary/aromatic N) is 4. The molecule has 162 valence electrons. The summed E-state index contributed by atoms with van der Waals surface area (Å²) in [7, 11) is 0. The number of piperidine rings is 1. The molecule has 1 saturated heterocycles. The SMILES string of the molecule is O=C(NCc1ccccc1F)C1CCN(c2nn3c(=O)c4c(nc3s2)CCCC4)CC1. The number of rotatable bonds is 4. The molecule has 2 aromatic heterocycles. The predicted octanol–water partition coefficient (Wildman–Crippen LogP) is 2.70. The van der Waals surface area contributed by atoms with Gasteiger partial charge in [-0.1, -0.05) is 29.5 Å². The molecule has 3 aromatic rings. The van der Waals surface area contributed by atoms with Crippen LogP contribution in [0.5, 0.6) is 0 Å². The number of carbonyl (C=O) groups excluding carboxylic acids is 1.